The second-order valence-electron chi connectivity index (χ2n) is 4.46. The highest BCUT2D eigenvalue weighted by Gasteiger charge is 2.13. The number of pyridine rings is 1. The van der Waals surface area contributed by atoms with Crippen LogP contribution in [0.5, 0.6) is 0 Å². The predicted octanol–water partition coefficient (Wildman–Crippen LogP) is 1.08. The summed E-state index contributed by atoms with van der Waals surface area (Å²) in [5, 5.41) is 2.99. The van der Waals surface area contributed by atoms with Gasteiger partial charge >= 0.3 is 0 Å². The number of nitrogens with zero attached hydrogens (tertiary/aromatic N) is 3. The van der Waals surface area contributed by atoms with Crippen molar-refractivity contribution in [2.45, 2.75) is 24.8 Å². The van der Waals surface area contributed by atoms with E-state index in [1.54, 1.807) is 12.5 Å². The molecule has 2 aromatic rings. The van der Waals surface area contributed by atoms with Gasteiger partial charge in [-0.25, -0.2) is 23.1 Å². The molecular formula is C13H19N5O2S. The molecule has 7 nitrogen and oxygen atoms in total. The fourth-order valence-corrected chi connectivity index (χ4v) is 2.91. The highest BCUT2D eigenvalue weighted by Crippen LogP contribution is 2.12. The molecule has 2 heterocycles. The molecular weight excluding hydrogens is 290 g/mol. The Labute approximate surface area is 124 Å². The Kier molecular flexibility index (Phi) is 5.29. The van der Waals surface area contributed by atoms with Crippen molar-refractivity contribution in [1.29, 1.82) is 0 Å². The molecule has 0 bridgehead atoms. The quantitative estimate of drug-likeness (QED) is 0.712. The van der Waals surface area contributed by atoms with E-state index >= 15 is 0 Å². The van der Waals surface area contributed by atoms with Crippen LogP contribution in [0.25, 0.3) is 0 Å². The molecule has 0 aromatic carbocycles. The molecule has 0 saturated carbocycles. The summed E-state index contributed by atoms with van der Waals surface area (Å²) in [6.07, 6.45) is 7.43. The molecule has 2 aromatic heterocycles. The van der Waals surface area contributed by atoms with Gasteiger partial charge in [0, 0.05) is 44.3 Å². The first kappa shape index (κ1) is 15.5. The number of aromatic nitrogens is 3. The molecule has 0 aliphatic carbocycles. The van der Waals surface area contributed by atoms with Crippen LogP contribution in [0.1, 0.15) is 13.3 Å². The second-order valence-corrected chi connectivity index (χ2v) is 6.23. The minimum Gasteiger partial charge on any atom is -0.370 e. The van der Waals surface area contributed by atoms with Gasteiger partial charge < -0.3 is 9.88 Å². The fraction of sp³-hybridized carbons (Fsp3) is 0.385. The van der Waals surface area contributed by atoms with E-state index in [0.717, 1.165) is 6.54 Å². The molecule has 114 valence electrons. The third-order valence-corrected chi connectivity index (χ3v) is 4.30. The lowest BCUT2D eigenvalue weighted by Gasteiger charge is -2.08. The number of hydrogen-bond donors (Lipinski definition) is 2. The monoisotopic (exact) mass is 309 g/mol. The van der Waals surface area contributed by atoms with E-state index in [4.69, 9.17) is 0 Å². The van der Waals surface area contributed by atoms with Crippen LogP contribution in [0.15, 0.2) is 41.9 Å². The summed E-state index contributed by atoms with van der Waals surface area (Å²) in [4.78, 5) is 8.21. The van der Waals surface area contributed by atoms with Gasteiger partial charge in [-0.3, -0.25) is 0 Å². The Morgan fingerprint density at radius 1 is 1.33 bits per heavy atom. The zero-order valence-corrected chi connectivity index (χ0v) is 12.7. The minimum absolute atomic E-state index is 0.219. The van der Waals surface area contributed by atoms with Crippen molar-refractivity contribution in [2.24, 2.45) is 0 Å². The Hall–Kier alpha value is -1.93. The molecule has 0 amide bonds. The number of anilines is 1. The van der Waals surface area contributed by atoms with Crippen LogP contribution in [-0.4, -0.2) is 36.0 Å². The van der Waals surface area contributed by atoms with Gasteiger partial charge in [0.05, 0.1) is 11.2 Å². The maximum Gasteiger partial charge on any atom is 0.240 e. The fourth-order valence-electron chi connectivity index (χ4n) is 1.83. The van der Waals surface area contributed by atoms with E-state index in [2.05, 4.69) is 20.0 Å². The first-order valence-electron chi connectivity index (χ1n) is 6.77. The van der Waals surface area contributed by atoms with Crippen LogP contribution < -0.4 is 10.0 Å². The Morgan fingerprint density at radius 2 is 2.19 bits per heavy atom. The molecule has 0 spiro atoms. The van der Waals surface area contributed by atoms with E-state index in [1.807, 2.05) is 17.7 Å². The number of imidazole rings is 1. The Morgan fingerprint density at radius 3 is 2.90 bits per heavy atom. The summed E-state index contributed by atoms with van der Waals surface area (Å²) in [5.41, 5.74) is 0. The largest absolute Gasteiger partial charge is 0.370 e. The number of nitrogens with one attached hydrogen (secondary N) is 2. The van der Waals surface area contributed by atoms with Gasteiger partial charge in [-0.05, 0) is 19.4 Å². The maximum atomic E-state index is 12.2. The first-order valence-corrected chi connectivity index (χ1v) is 8.25. The molecule has 0 atom stereocenters. The van der Waals surface area contributed by atoms with E-state index in [-0.39, 0.29) is 4.90 Å². The van der Waals surface area contributed by atoms with E-state index in [0.29, 0.717) is 25.3 Å². The third kappa shape index (κ3) is 4.54. The summed E-state index contributed by atoms with van der Waals surface area (Å²) in [7, 11) is -3.50. The lowest BCUT2D eigenvalue weighted by Crippen LogP contribution is -2.25. The van der Waals surface area contributed by atoms with Crippen molar-refractivity contribution in [3.63, 3.8) is 0 Å². The smallest absolute Gasteiger partial charge is 0.240 e. The topological polar surface area (TPSA) is 88.9 Å². The maximum absolute atomic E-state index is 12.2. The molecule has 21 heavy (non-hydrogen) atoms. The summed E-state index contributed by atoms with van der Waals surface area (Å²) in [6.45, 7) is 3.72. The zero-order valence-electron chi connectivity index (χ0n) is 11.9. The number of sulfonamides is 1. The molecule has 8 heteroatoms. The van der Waals surface area contributed by atoms with Gasteiger partial charge in [0.2, 0.25) is 10.0 Å². The third-order valence-electron chi connectivity index (χ3n) is 2.84. The van der Waals surface area contributed by atoms with Gasteiger partial charge in [0.25, 0.3) is 0 Å². The molecule has 0 radical (unpaired) electrons. The molecule has 2 rings (SSSR count). The van der Waals surface area contributed by atoms with Crippen LogP contribution in [-0.2, 0) is 16.6 Å². The number of hydrogen-bond acceptors (Lipinski definition) is 5. The van der Waals surface area contributed by atoms with Crippen molar-refractivity contribution < 1.29 is 8.42 Å². The number of rotatable bonds is 8. The standard InChI is InChI=1S/C13H19N5O2S/c1-2-15-13-10-12(4-6-16-13)21(19,20)17-5-3-8-18-9-7-14-11-18/h4,6-7,9-11,17H,2-3,5,8H2,1H3,(H,15,16). The van der Waals surface area contributed by atoms with Crippen molar-refractivity contribution in [1.82, 2.24) is 19.3 Å². The summed E-state index contributed by atoms with van der Waals surface area (Å²) >= 11 is 0. The Balaban J connectivity index is 1.90. The first-order chi connectivity index (χ1) is 10.1. The molecule has 2 N–H and O–H groups in total. The van der Waals surface area contributed by atoms with E-state index in [9.17, 15) is 8.42 Å². The van der Waals surface area contributed by atoms with Gasteiger partial charge in [0.1, 0.15) is 5.82 Å². The molecule has 0 fully saturated rings. The normalized spacial score (nSPS) is 11.5. The summed E-state index contributed by atoms with van der Waals surface area (Å²) < 4.78 is 28.8. The van der Waals surface area contributed by atoms with Crippen LogP contribution in [0.3, 0.4) is 0 Å². The van der Waals surface area contributed by atoms with E-state index < -0.39 is 10.0 Å². The zero-order chi connectivity index (χ0) is 15.1. The minimum atomic E-state index is -3.50. The average molecular weight is 309 g/mol. The molecule has 0 aliphatic rings. The lowest BCUT2D eigenvalue weighted by atomic mass is 10.4. The highest BCUT2D eigenvalue weighted by atomic mass is 32.2. The molecule has 0 saturated heterocycles. The SMILES string of the molecule is CCNc1cc(S(=O)(=O)NCCCn2ccnc2)ccn1. The van der Waals surface area contributed by atoms with Crippen molar-refractivity contribution in [3.05, 3.63) is 37.1 Å². The lowest BCUT2D eigenvalue weighted by molar-refractivity contribution is 0.569. The van der Waals surface area contributed by atoms with E-state index in [1.165, 1.54) is 18.3 Å². The van der Waals surface area contributed by atoms with Crippen LogP contribution in [0.2, 0.25) is 0 Å². The van der Waals surface area contributed by atoms with Crippen molar-refractivity contribution in [2.75, 3.05) is 18.4 Å². The van der Waals surface area contributed by atoms with Gasteiger partial charge in [0.15, 0.2) is 0 Å². The molecule has 0 aliphatic heterocycles. The summed E-state index contributed by atoms with van der Waals surface area (Å²) in [6, 6.07) is 3.01. The van der Waals surface area contributed by atoms with Crippen LogP contribution >= 0.6 is 0 Å². The molecule has 0 unspecified atom stereocenters. The van der Waals surface area contributed by atoms with Crippen molar-refractivity contribution >= 4 is 15.8 Å². The van der Waals surface area contributed by atoms with Crippen LogP contribution in [0, 0.1) is 0 Å². The highest BCUT2D eigenvalue weighted by molar-refractivity contribution is 7.89. The van der Waals surface area contributed by atoms with Crippen LogP contribution in [0.4, 0.5) is 5.82 Å². The predicted molar refractivity (Wildman–Crippen MR) is 80.4 cm³/mol. The average Bonchev–Trinajstić information content (AvgIpc) is 2.98. The van der Waals surface area contributed by atoms with Crippen molar-refractivity contribution in [3.8, 4) is 0 Å². The second kappa shape index (κ2) is 7.19. The van der Waals surface area contributed by atoms with Gasteiger partial charge in [-0.2, -0.15) is 0 Å². The van der Waals surface area contributed by atoms with Gasteiger partial charge in [-0.1, -0.05) is 0 Å². The summed E-state index contributed by atoms with van der Waals surface area (Å²) in [5.74, 6) is 0.554. The number of aryl methyl sites for hydroxylation is 1. The van der Waals surface area contributed by atoms with Gasteiger partial charge in [-0.15, -0.1) is 0 Å². The Bertz CT molecular complexity index is 655.